The predicted octanol–water partition coefficient (Wildman–Crippen LogP) is 14.8. The molecule has 338 valence electrons. The number of pyridine rings is 2. The number of anilines is 3. The Balaban J connectivity index is 0.00000480. The van der Waals surface area contributed by atoms with E-state index in [1.165, 1.54) is 21.5 Å². The average molecular weight is 1080 g/mol. The van der Waals surface area contributed by atoms with Crippen molar-refractivity contribution in [2.45, 2.75) is 6.92 Å². The number of para-hydroxylation sites is 5. The minimum atomic E-state index is 0. The Morgan fingerprint density at radius 2 is 1.00 bits per heavy atom. The SMILES string of the molecule is Cc1cc(-n2c3[c-]c(Oc4[c-]c(N5[CH-]N(C)c6ncccc65)ccc4)ccc3c3ccccc32)ncc1-c1c(-n2c3ccccc3c3ccccc32)cccc1-n1c2ccccc2c2ccccc21.[Pt]. The van der Waals surface area contributed by atoms with Crippen molar-refractivity contribution >= 4 is 82.6 Å². The van der Waals surface area contributed by atoms with Gasteiger partial charge in [0, 0.05) is 83.1 Å². The third kappa shape index (κ3) is 6.33. The Morgan fingerprint density at radius 3 is 1.59 bits per heavy atom. The molecular weight excluding hydrogens is 1040 g/mol. The molecule has 0 saturated carbocycles. The van der Waals surface area contributed by atoms with Gasteiger partial charge in [0.25, 0.3) is 0 Å². The van der Waals surface area contributed by atoms with Gasteiger partial charge in [-0.05, 0) is 85.6 Å². The summed E-state index contributed by atoms with van der Waals surface area (Å²) < 4.78 is 13.7. The van der Waals surface area contributed by atoms with Crippen LogP contribution in [0.2, 0.25) is 0 Å². The summed E-state index contributed by atoms with van der Waals surface area (Å²) in [5.41, 5.74) is 13.7. The number of rotatable bonds is 7. The Bertz CT molecular complexity index is 3980. The van der Waals surface area contributed by atoms with Crippen molar-refractivity contribution < 1.29 is 25.8 Å². The second kappa shape index (κ2) is 16.4. The van der Waals surface area contributed by atoms with Gasteiger partial charge in [0.05, 0.1) is 39.1 Å². The van der Waals surface area contributed by atoms with E-state index in [1.807, 2.05) is 55.1 Å². The predicted molar refractivity (Wildman–Crippen MR) is 281 cm³/mol. The molecule has 0 aliphatic carbocycles. The van der Waals surface area contributed by atoms with Gasteiger partial charge in [0.1, 0.15) is 11.6 Å². The van der Waals surface area contributed by atoms with Crippen molar-refractivity contribution in [1.29, 1.82) is 0 Å². The molecule has 9 heteroatoms. The van der Waals surface area contributed by atoms with Crippen molar-refractivity contribution in [2.24, 2.45) is 0 Å². The molecule has 0 amide bonds. The molecule has 70 heavy (non-hydrogen) atoms. The summed E-state index contributed by atoms with van der Waals surface area (Å²) in [6.45, 7) is 4.22. The van der Waals surface area contributed by atoms with E-state index in [2.05, 4.69) is 207 Å². The Morgan fingerprint density at radius 1 is 0.486 bits per heavy atom. The van der Waals surface area contributed by atoms with E-state index in [4.69, 9.17) is 9.72 Å². The van der Waals surface area contributed by atoms with Crippen molar-refractivity contribution in [3.63, 3.8) is 0 Å². The minimum Gasteiger partial charge on any atom is -0.509 e. The average Bonchev–Trinajstić information content (AvgIpc) is 4.12. The molecule has 1 aliphatic heterocycles. The molecule has 14 rings (SSSR count). The normalized spacial score (nSPS) is 12.5. The largest absolute Gasteiger partial charge is 0.509 e. The number of hydrogen-bond acceptors (Lipinski definition) is 5. The maximum atomic E-state index is 6.59. The van der Waals surface area contributed by atoms with Gasteiger partial charge in [-0.2, -0.15) is 18.8 Å². The fourth-order valence-electron chi connectivity index (χ4n) is 10.7. The first-order valence-corrected chi connectivity index (χ1v) is 23.1. The van der Waals surface area contributed by atoms with Crippen LogP contribution in [0, 0.1) is 25.7 Å². The second-order valence-electron chi connectivity index (χ2n) is 17.7. The number of aromatic nitrogens is 5. The van der Waals surface area contributed by atoms with E-state index in [9.17, 15) is 0 Å². The monoisotopic (exact) mass is 1080 g/mol. The van der Waals surface area contributed by atoms with Crippen LogP contribution in [0.15, 0.2) is 200 Å². The molecule has 5 aromatic heterocycles. The molecule has 0 bridgehead atoms. The molecule has 8 aromatic carbocycles. The summed E-state index contributed by atoms with van der Waals surface area (Å²) >= 11 is 0. The third-order valence-corrected chi connectivity index (χ3v) is 13.7. The molecule has 1 aliphatic rings. The van der Waals surface area contributed by atoms with Gasteiger partial charge >= 0.3 is 0 Å². The zero-order chi connectivity index (χ0) is 45.7. The number of ether oxygens (including phenoxy) is 1. The van der Waals surface area contributed by atoms with Gasteiger partial charge < -0.3 is 28.2 Å². The first kappa shape index (κ1) is 41.7. The van der Waals surface area contributed by atoms with Crippen molar-refractivity contribution in [1.82, 2.24) is 23.7 Å². The number of benzene rings is 8. The van der Waals surface area contributed by atoms with Crippen LogP contribution < -0.4 is 14.5 Å². The zero-order valence-corrected chi connectivity index (χ0v) is 40.3. The fourth-order valence-corrected chi connectivity index (χ4v) is 10.7. The van der Waals surface area contributed by atoms with Gasteiger partial charge in [-0.25, -0.2) is 9.97 Å². The van der Waals surface area contributed by atoms with Crippen LogP contribution >= 0.6 is 0 Å². The van der Waals surface area contributed by atoms with Crippen molar-refractivity contribution in [3.05, 3.63) is 225 Å². The van der Waals surface area contributed by atoms with Crippen LogP contribution in [0.4, 0.5) is 17.2 Å². The molecule has 0 unspecified atom stereocenters. The number of hydrogen-bond donors (Lipinski definition) is 0. The topological polar surface area (TPSA) is 56.3 Å². The zero-order valence-electron chi connectivity index (χ0n) is 38.0. The second-order valence-corrected chi connectivity index (χ2v) is 17.7. The third-order valence-electron chi connectivity index (χ3n) is 13.7. The van der Waals surface area contributed by atoms with Gasteiger partial charge in [-0.3, -0.25) is 0 Å². The van der Waals surface area contributed by atoms with Crippen molar-refractivity contribution in [2.75, 3.05) is 16.8 Å². The van der Waals surface area contributed by atoms with Crippen molar-refractivity contribution in [3.8, 4) is 39.8 Å². The maximum absolute atomic E-state index is 6.59. The van der Waals surface area contributed by atoms with E-state index in [-0.39, 0.29) is 21.1 Å². The molecule has 0 radical (unpaired) electrons. The standard InChI is InChI=1S/C61H40N7O.Pt/c1-39-34-59(68-54-27-12-7-22-47(54)48-32-31-42(36-58(48)68)69-41-17-13-16-40(35-41)65-38-64(2)61-57(65)30-15-33-62-61)63-37-49(39)60-55(66-50-23-8-3-18-43(50)44-19-4-9-24-51(44)66)28-14-29-56(60)67-52-25-10-5-20-45(52)46-21-6-11-26-53(46)67;/h3-34,37-38H,1-2H3;/q-3;. The molecule has 8 nitrogen and oxygen atoms in total. The van der Waals surface area contributed by atoms with Crippen LogP contribution in [0.3, 0.4) is 0 Å². The quantitative estimate of drug-likeness (QED) is 0.149. The van der Waals surface area contributed by atoms with Crippen LogP contribution in [0.1, 0.15) is 5.56 Å². The Kier molecular flexibility index (Phi) is 9.75. The molecule has 0 fully saturated rings. The smallest absolute Gasteiger partial charge is 0.135 e. The van der Waals surface area contributed by atoms with E-state index in [0.717, 1.165) is 94.9 Å². The molecular formula is C61H40N7OPt-3. The summed E-state index contributed by atoms with van der Waals surface area (Å²) in [6, 6.07) is 73.5. The maximum Gasteiger partial charge on any atom is 0.135 e. The van der Waals surface area contributed by atoms with Gasteiger partial charge in [0.15, 0.2) is 0 Å². The fraction of sp³-hybridized carbons (Fsp3) is 0.0328. The van der Waals surface area contributed by atoms with Crippen LogP contribution in [-0.2, 0) is 21.1 Å². The summed E-state index contributed by atoms with van der Waals surface area (Å²) in [7, 11) is 2.00. The van der Waals surface area contributed by atoms with Gasteiger partial charge in [-0.1, -0.05) is 103 Å². The summed E-state index contributed by atoms with van der Waals surface area (Å²) in [6.07, 6.45) is 3.87. The molecule has 13 aromatic rings. The molecule has 6 heterocycles. The number of nitrogens with zero attached hydrogens (tertiary/aromatic N) is 7. The van der Waals surface area contributed by atoms with E-state index in [1.54, 1.807) is 0 Å². The van der Waals surface area contributed by atoms with E-state index >= 15 is 0 Å². The summed E-state index contributed by atoms with van der Waals surface area (Å²) in [5.74, 6) is 2.84. The molecule has 0 N–H and O–H groups in total. The summed E-state index contributed by atoms with van der Waals surface area (Å²) in [4.78, 5) is 14.1. The number of aryl methyl sites for hydroxylation is 1. The van der Waals surface area contributed by atoms with Gasteiger partial charge in [-0.15, -0.1) is 41.4 Å². The first-order chi connectivity index (χ1) is 34.1. The molecule has 0 spiro atoms. The summed E-state index contributed by atoms with van der Waals surface area (Å²) in [5, 5.41) is 7.02. The first-order valence-electron chi connectivity index (χ1n) is 23.1. The number of fused-ring (bicyclic) bond motifs is 10. The van der Waals surface area contributed by atoms with Crippen LogP contribution in [-0.4, -0.2) is 30.7 Å². The van der Waals surface area contributed by atoms with Crippen LogP contribution in [0.5, 0.6) is 11.5 Å². The molecule has 0 atom stereocenters. The molecule has 0 saturated heterocycles. The Hall–Kier alpha value is -8.45. The van der Waals surface area contributed by atoms with E-state index in [0.29, 0.717) is 11.5 Å². The van der Waals surface area contributed by atoms with Crippen LogP contribution in [0.25, 0.3) is 93.7 Å². The Labute approximate surface area is 418 Å². The van der Waals surface area contributed by atoms with Gasteiger partial charge in [0.2, 0.25) is 0 Å². The van der Waals surface area contributed by atoms with E-state index < -0.39 is 0 Å². The minimum absolute atomic E-state index is 0.